The maximum Gasteiger partial charge on any atom is 0.146 e. The normalized spacial score (nSPS) is 14.7. The van der Waals surface area contributed by atoms with Crippen LogP contribution in [-0.4, -0.2) is 19.6 Å². The molecule has 1 saturated carbocycles. The lowest BCUT2D eigenvalue weighted by Crippen LogP contribution is -2.30. The SMILES string of the molecule is CCCN(CC1CC1)c1c(F)cccc1CNCC(C)C. The van der Waals surface area contributed by atoms with Crippen LogP contribution in [0.4, 0.5) is 10.1 Å². The monoisotopic (exact) mass is 292 g/mol. The Balaban J connectivity index is 2.13. The molecule has 0 saturated heterocycles. The summed E-state index contributed by atoms with van der Waals surface area (Å²) < 4.78 is 14.4. The number of benzene rings is 1. The molecule has 0 spiro atoms. The molecular weight excluding hydrogens is 263 g/mol. The molecule has 1 fully saturated rings. The van der Waals surface area contributed by atoms with E-state index in [1.807, 2.05) is 6.07 Å². The summed E-state index contributed by atoms with van der Waals surface area (Å²) in [7, 11) is 0. The van der Waals surface area contributed by atoms with E-state index in [4.69, 9.17) is 0 Å². The van der Waals surface area contributed by atoms with Gasteiger partial charge in [-0.1, -0.05) is 32.9 Å². The van der Waals surface area contributed by atoms with E-state index in [9.17, 15) is 4.39 Å². The van der Waals surface area contributed by atoms with Gasteiger partial charge in [0.2, 0.25) is 0 Å². The van der Waals surface area contributed by atoms with Crippen LogP contribution < -0.4 is 10.2 Å². The van der Waals surface area contributed by atoms with Crippen molar-refractivity contribution in [2.45, 2.75) is 46.6 Å². The lowest BCUT2D eigenvalue weighted by atomic mass is 10.1. The van der Waals surface area contributed by atoms with Crippen molar-refractivity contribution in [2.24, 2.45) is 11.8 Å². The summed E-state index contributed by atoms with van der Waals surface area (Å²) in [6.45, 7) is 10.2. The third kappa shape index (κ3) is 4.99. The second-order valence-electron chi connectivity index (χ2n) is 6.66. The topological polar surface area (TPSA) is 15.3 Å². The van der Waals surface area contributed by atoms with Gasteiger partial charge in [0.25, 0.3) is 0 Å². The van der Waals surface area contributed by atoms with E-state index in [-0.39, 0.29) is 5.82 Å². The van der Waals surface area contributed by atoms with Gasteiger partial charge in [0, 0.05) is 19.6 Å². The van der Waals surface area contributed by atoms with Crippen molar-refractivity contribution in [3.8, 4) is 0 Å². The molecule has 0 amide bonds. The Morgan fingerprint density at radius 3 is 2.71 bits per heavy atom. The molecule has 118 valence electrons. The smallest absolute Gasteiger partial charge is 0.146 e. The summed E-state index contributed by atoms with van der Waals surface area (Å²) in [6.07, 6.45) is 3.66. The molecule has 0 atom stereocenters. The van der Waals surface area contributed by atoms with Gasteiger partial charge in [-0.25, -0.2) is 4.39 Å². The Hall–Kier alpha value is -1.09. The van der Waals surface area contributed by atoms with Crippen LogP contribution in [0.1, 0.15) is 45.6 Å². The lowest BCUT2D eigenvalue weighted by molar-refractivity contribution is 0.548. The number of rotatable bonds is 9. The van der Waals surface area contributed by atoms with Crippen LogP contribution in [-0.2, 0) is 6.54 Å². The van der Waals surface area contributed by atoms with Crippen molar-refractivity contribution in [2.75, 3.05) is 24.5 Å². The number of para-hydroxylation sites is 1. The zero-order chi connectivity index (χ0) is 15.2. The molecule has 0 aliphatic heterocycles. The first-order valence-corrected chi connectivity index (χ1v) is 8.34. The maximum atomic E-state index is 14.4. The zero-order valence-corrected chi connectivity index (χ0v) is 13.7. The second kappa shape index (κ2) is 7.79. The van der Waals surface area contributed by atoms with E-state index < -0.39 is 0 Å². The summed E-state index contributed by atoms with van der Waals surface area (Å²) in [5.41, 5.74) is 1.91. The van der Waals surface area contributed by atoms with Gasteiger partial charge in [0.1, 0.15) is 5.82 Å². The quantitative estimate of drug-likeness (QED) is 0.734. The van der Waals surface area contributed by atoms with Crippen LogP contribution in [0.3, 0.4) is 0 Å². The molecule has 0 bridgehead atoms. The van der Waals surface area contributed by atoms with Crippen LogP contribution in [0.15, 0.2) is 18.2 Å². The molecule has 1 N–H and O–H groups in total. The Kier molecular flexibility index (Phi) is 6.04. The van der Waals surface area contributed by atoms with Crippen molar-refractivity contribution in [3.05, 3.63) is 29.6 Å². The molecule has 1 aromatic carbocycles. The molecule has 0 heterocycles. The first kappa shape index (κ1) is 16.3. The minimum absolute atomic E-state index is 0.0760. The fourth-order valence-corrected chi connectivity index (χ4v) is 2.73. The predicted molar refractivity (Wildman–Crippen MR) is 88.2 cm³/mol. The van der Waals surface area contributed by atoms with Crippen molar-refractivity contribution >= 4 is 5.69 Å². The van der Waals surface area contributed by atoms with Gasteiger partial charge in [-0.05, 0) is 49.3 Å². The van der Waals surface area contributed by atoms with E-state index in [0.29, 0.717) is 5.92 Å². The van der Waals surface area contributed by atoms with Gasteiger partial charge in [-0.3, -0.25) is 0 Å². The van der Waals surface area contributed by atoms with Crippen LogP contribution in [0.2, 0.25) is 0 Å². The standard InChI is InChI=1S/C18H29FN2/c1-4-10-21(13-15-8-9-15)18-16(6-5-7-17(18)19)12-20-11-14(2)3/h5-7,14-15,20H,4,8-13H2,1-3H3. The molecule has 1 aliphatic rings. The highest BCUT2D eigenvalue weighted by Gasteiger charge is 2.26. The number of nitrogens with zero attached hydrogens (tertiary/aromatic N) is 1. The fraction of sp³-hybridized carbons (Fsp3) is 0.667. The average Bonchev–Trinajstić information content (AvgIpc) is 3.22. The summed E-state index contributed by atoms with van der Waals surface area (Å²) in [5, 5.41) is 3.44. The highest BCUT2D eigenvalue weighted by molar-refractivity contribution is 5.55. The van der Waals surface area contributed by atoms with Gasteiger partial charge in [-0.2, -0.15) is 0 Å². The molecule has 1 aliphatic carbocycles. The largest absolute Gasteiger partial charge is 0.369 e. The predicted octanol–water partition coefficient (Wildman–Crippen LogP) is 4.20. The fourth-order valence-electron chi connectivity index (χ4n) is 2.73. The molecule has 2 nitrogen and oxygen atoms in total. The van der Waals surface area contributed by atoms with E-state index in [1.165, 1.54) is 12.8 Å². The number of hydrogen-bond donors (Lipinski definition) is 1. The minimum atomic E-state index is -0.0760. The van der Waals surface area contributed by atoms with Crippen molar-refractivity contribution in [3.63, 3.8) is 0 Å². The molecule has 0 radical (unpaired) electrons. The molecule has 0 aromatic heterocycles. The summed E-state index contributed by atoms with van der Waals surface area (Å²) in [5.74, 6) is 1.31. The Morgan fingerprint density at radius 1 is 1.33 bits per heavy atom. The van der Waals surface area contributed by atoms with Crippen LogP contribution in [0.5, 0.6) is 0 Å². The Morgan fingerprint density at radius 2 is 2.10 bits per heavy atom. The van der Waals surface area contributed by atoms with Crippen molar-refractivity contribution < 1.29 is 4.39 Å². The molecule has 0 unspecified atom stereocenters. The Labute approximate surface area is 128 Å². The van der Waals surface area contributed by atoms with Gasteiger partial charge >= 0.3 is 0 Å². The maximum absolute atomic E-state index is 14.4. The third-order valence-corrected chi connectivity index (χ3v) is 3.92. The van der Waals surface area contributed by atoms with Crippen LogP contribution >= 0.6 is 0 Å². The summed E-state index contributed by atoms with van der Waals surface area (Å²) in [6, 6.07) is 5.48. The van der Waals surface area contributed by atoms with Gasteiger partial charge in [0.15, 0.2) is 0 Å². The van der Waals surface area contributed by atoms with Gasteiger partial charge in [0.05, 0.1) is 5.69 Å². The minimum Gasteiger partial charge on any atom is -0.369 e. The first-order chi connectivity index (χ1) is 10.1. The molecule has 21 heavy (non-hydrogen) atoms. The van der Waals surface area contributed by atoms with E-state index in [2.05, 4.69) is 37.1 Å². The lowest BCUT2D eigenvalue weighted by Gasteiger charge is -2.27. The zero-order valence-electron chi connectivity index (χ0n) is 13.7. The number of anilines is 1. The molecule has 1 aromatic rings. The first-order valence-electron chi connectivity index (χ1n) is 8.34. The molecular formula is C18H29FN2. The highest BCUT2D eigenvalue weighted by Crippen LogP contribution is 2.33. The van der Waals surface area contributed by atoms with Gasteiger partial charge in [-0.15, -0.1) is 0 Å². The van der Waals surface area contributed by atoms with Crippen LogP contribution in [0.25, 0.3) is 0 Å². The number of nitrogens with one attached hydrogen (secondary N) is 1. The molecule has 3 heteroatoms. The van der Waals surface area contributed by atoms with E-state index >= 15 is 0 Å². The van der Waals surface area contributed by atoms with Crippen LogP contribution in [0, 0.1) is 17.7 Å². The van der Waals surface area contributed by atoms with E-state index in [0.717, 1.165) is 49.8 Å². The van der Waals surface area contributed by atoms with Crippen molar-refractivity contribution in [1.29, 1.82) is 0 Å². The third-order valence-electron chi connectivity index (χ3n) is 3.92. The molecule has 2 rings (SSSR count). The summed E-state index contributed by atoms with van der Waals surface area (Å²) in [4.78, 5) is 2.26. The number of hydrogen-bond acceptors (Lipinski definition) is 2. The highest BCUT2D eigenvalue weighted by atomic mass is 19.1. The summed E-state index contributed by atoms with van der Waals surface area (Å²) >= 11 is 0. The van der Waals surface area contributed by atoms with Crippen molar-refractivity contribution in [1.82, 2.24) is 5.32 Å². The van der Waals surface area contributed by atoms with E-state index in [1.54, 1.807) is 6.07 Å². The second-order valence-corrected chi connectivity index (χ2v) is 6.66. The average molecular weight is 292 g/mol. The number of halogens is 1. The Bertz CT molecular complexity index is 441. The van der Waals surface area contributed by atoms with Gasteiger partial charge < -0.3 is 10.2 Å².